The Morgan fingerprint density at radius 2 is 1.49 bits per heavy atom. The number of ether oxygens (including phenoxy) is 4. The summed E-state index contributed by atoms with van der Waals surface area (Å²) in [7, 11) is 7.57. The number of rotatable bonds is 3. The third kappa shape index (κ3) is 5.37. The fourth-order valence-electron chi connectivity index (χ4n) is 7.17. The molecule has 0 amide bonds. The largest absolute Gasteiger partial charge is 0.504 e. The van der Waals surface area contributed by atoms with Crippen LogP contribution in [0.1, 0.15) is 51.0 Å². The molecule has 8 heteroatoms. The Labute approximate surface area is 264 Å². The van der Waals surface area contributed by atoms with Gasteiger partial charge >= 0.3 is 0 Å². The van der Waals surface area contributed by atoms with Crippen molar-refractivity contribution >= 4 is 0 Å². The highest BCUT2D eigenvalue weighted by molar-refractivity contribution is 5.63. The van der Waals surface area contributed by atoms with Gasteiger partial charge in [0.2, 0.25) is 5.75 Å². The van der Waals surface area contributed by atoms with E-state index in [0.717, 1.165) is 54.6 Å². The predicted molar refractivity (Wildman–Crippen MR) is 172 cm³/mol. The van der Waals surface area contributed by atoms with Crippen molar-refractivity contribution in [3.8, 4) is 40.2 Å². The third-order valence-corrected chi connectivity index (χ3v) is 9.71. The molecule has 45 heavy (non-hydrogen) atoms. The number of aliphatic hydroxyl groups is 1. The number of nitrogens with zero attached hydrogens (tertiary/aromatic N) is 2. The first kappa shape index (κ1) is 29.5. The highest BCUT2D eigenvalue weighted by Crippen LogP contribution is 2.51. The Morgan fingerprint density at radius 1 is 0.778 bits per heavy atom. The van der Waals surface area contributed by atoms with Crippen LogP contribution in [-0.2, 0) is 32.3 Å². The van der Waals surface area contributed by atoms with Gasteiger partial charge in [-0.05, 0) is 110 Å². The molecule has 2 N–H and O–H groups in total. The van der Waals surface area contributed by atoms with Crippen molar-refractivity contribution in [1.82, 2.24) is 9.80 Å². The molecule has 8 nitrogen and oxygen atoms in total. The van der Waals surface area contributed by atoms with E-state index in [4.69, 9.17) is 18.9 Å². The van der Waals surface area contributed by atoms with Gasteiger partial charge in [0, 0.05) is 36.3 Å². The monoisotopic (exact) mass is 608 g/mol. The molecule has 4 aliphatic rings. The maximum atomic E-state index is 10.7. The number of phenols is 1. The van der Waals surface area contributed by atoms with Crippen LogP contribution in [-0.4, -0.2) is 61.4 Å². The van der Waals surface area contributed by atoms with E-state index in [-0.39, 0.29) is 24.4 Å². The molecule has 234 valence electrons. The lowest BCUT2D eigenvalue weighted by Crippen LogP contribution is -2.34. The van der Waals surface area contributed by atoms with Crippen LogP contribution in [0.5, 0.6) is 40.2 Å². The standard InChI is InChI=1S/C37H40N2O6/c1-38-13-11-24-18-26(21-40)32-20-28(24)29(38)15-22-5-8-27(9-6-22)44-33-17-23(7-10-31(33)41)16-30-35-25(12-14-39(30)2)19-34(42-3)36(43-4)37(35)45-32/h5-10,17-20,29-30,40-41H,11-16,21H2,1-4H3/t29-,30+/m0/s1. The van der Waals surface area contributed by atoms with Gasteiger partial charge in [0.15, 0.2) is 23.0 Å². The second-order valence-corrected chi connectivity index (χ2v) is 12.4. The molecule has 0 aliphatic carbocycles. The smallest absolute Gasteiger partial charge is 0.204 e. The molecule has 4 aromatic carbocycles. The van der Waals surface area contributed by atoms with Gasteiger partial charge in [-0.25, -0.2) is 0 Å². The summed E-state index contributed by atoms with van der Waals surface area (Å²) in [6, 6.07) is 20.0. The van der Waals surface area contributed by atoms with Crippen molar-refractivity contribution in [2.75, 3.05) is 41.4 Å². The highest BCUT2D eigenvalue weighted by atomic mass is 16.5. The van der Waals surface area contributed by atoms with Gasteiger partial charge in [-0.15, -0.1) is 0 Å². The van der Waals surface area contributed by atoms with Crippen molar-refractivity contribution in [2.45, 2.75) is 44.4 Å². The van der Waals surface area contributed by atoms with E-state index in [9.17, 15) is 10.2 Å². The molecular formula is C37H40N2O6. The first-order valence-electron chi connectivity index (χ1n) is 15.6. The van der Waals surface area contributed by atoms with E-state index in [1.807, 2.05) is 24.3 Å². The molecule has 0 aromatic heterocycles. The van der Waals surface area contributed by atoms with Crippen molar-refractivity contribution in [2.24, 2.45) is 0 Å². The molecule has 4 heterocycles. The SMILES string of the molecule is COc1cc2c3c(c1OC)Oc1cc4c(cc1CO)CCN(C)[C@H]4Cc1ccc(cc1)Oc1cc(ccc1O)C[C@H]3N(C)CC2. The summed E-state index contributed by atoms with van der Waals surface area (Å²) in [5, 5.41) is 21.3. The Balaban J connectivity index is 1.47. The average Bonchev–Trinajstić information content (AvgIpc) is 3.05. The molecule has 0 fully saturated rings. The van der Waals surface area contributed by atoms with Crippen LogP contribution < -0.4 is 18.9 Å². The number of benzene rings is 4. The van der Waals surface area contributed by atoms with Crippen LogP contribution >= 0.6 is 0 Å². The molecule has 0 saturated heterocycles. The molecular weight excluding hydrogens is 568 g/mol. The van der Waals surface area contributed by atoms with Crippen LogP contribution in [0.15, 0.2) is 60.7 Å². The minimum Gasteiger partial charge on any atom is -0.504 e. The first-order chi connectivity index (χ1) is 21.9. The zero-order valence-corrected chi connectivity index (χ0v) is 26.3. The second kappa shape index (κ2) is 11.9. The normalized spacial score (nSPS) is 19.5. The fraction of sp³-hybridized carbons (Fsp3) is 0.351. The number of fused-ring (bicyclic) bond motifs is 2. The number of hydrogen-bond donors (Lipinski definition) is 2. The van der Waals surface area contributed by atoms with Crippen LogP contribution in [0, 0.1) is 0 Å². The van der Waals surface area contributed by atoms with E-state index in [0.29, 0.717) is 40.9 Å². The summed E-state index contributed by atoms with van der Waals surface area (Å²) >= 11 is 0. The van der Waals surface area contributed by atoms with Crippen molar-refractivity contribution in [3.63, 3.8) is 0 Å². The van der Waals surface area contributed by atoms with E-state index < -0.39 is 0 Å². The van der Waals surface area contributed by atoms with Crippen molar-refractivity contribution in [3.05, 3.63) is 99.6 Å². The lowest BCUT2D eigenvalue weighted by molar-refractivity contribution is 0.220. The number of phenolic OH excluding ortho intramolecular Hbond substituents is 1. The van der Waals surface area contributed by atoms with Crippen LogP contribution in [0.25, 0.3) is 0 Å². The van der Waals surface area contributed by atoms with Gasteiger partial charge in [-0.2, -0.15) is 0 Å². The predicted octanol–water partition coefficient (Wildman–Crippen LogP) is 6.34. The second-order valence-electron chi connectivity index (χ2n) is 12.4. The molecule has 8 rings (SSSR count). The Morgan fingerprint density at radius 3 is 2.22 bits per heavy atom. The molecule has 6 bridgehead atoms. The summed E-state index contributed by atoms with van der Waals surface area (Å²) < 4.78 is 25.0. The summed E-state index contributed by atoms with van der Waals surface area (Å²) in [5.41, 5.74) is 7.53. The van der Waals surface area contributed by atoms with Gasteiger partial charge in [0.25, 0.3) is 0 Å². The average molecular weight is 609 g/mol. The van der Waals surface area contributed by atoms with Crippen molar-refractivity contribution < 1.29 is 29.2 Å². The van der Waals surface area contributed by atoms with E-state index >= 15 is 0 Å². The molecule has 4 aromatic rings. The summed E-state index contributed by atoms with van der Waals surface area (Å²) in [6.45, 7) is 1.64. The van der Waals surface area contributed by atoms with Gasteiger partial charge in [-0.1, -0.05) is 18.2 Å². The molecule has 4 aliphatic heterocycles. The summed E-state index contributed by atoms with van der Waals surface area (Å²) in [4.78, 5) is 4.71. The quantitative estimate of drug-likeness (QED) is 0.279. The number of methoxy groups -OCH3 is 2. The molecule has 0 saturated carbocycles. The fourth-order valence-corrected chi connectivity index (χ4v) is 7.17. The molecule has 0 unspecified atom stereocenters. The van der Waals surface area contributed by atoms with Crippen LogP contribution in [0.3, 0.4) is 0 Å². The van der Waals surface area contributed by atoms with E-state index in [1.165, 1.54) is 16.7 Å². The minimum atomic E-state index is -0.140. The topological polar surface area (TPSA) is 83.9 Å². The van der Waals surface area contributed by atoms with Crippen molar-refractivity contribution in [1.29, 1.82) is 0 Å². The zero-order chi connectivity index (χ0) is 31.2. The highest BCUT2D eigenvalue weighted by Gasteiger charge is 2.34. The number of aliphatic hydroxyl groups excluding tert-OH is 1. The van der Waals surface area contributed by atoms with Gasteiger partial charge < -0.3 is 29.2 Å². The first-order valence-corrected chi connectivity index (χ1v) is 15.6. The number of aromatic hydroxyl groups is 1. The van der Waals surface area contributed by atoms with Gasteiger partial charge in [0.05, 0.1) is 20.8 Å². The Kier molecular flexibility index (Phi) is 7.81. The van der Waals surface area contributed by atoms with E-state index in [1.54, 1.807) is 20.3 Å². The minimum absolute atomic E-state index is 0.0619. The molecule has 0 spiro atoms. The Bertz CT molecular complexity index is 1740. The Hall–Kier alpha value is -4.24. The maximum Gasteiger partial charge on any atom is 0.204 e. The maximum absolute atomic E-state index is 10.7. The van der Waals surface area contributed by atoms with Gasteiger partial charge in [0.1, 0.15) is 11.5 Å². The third-order valence-electron chi connectivity index (χ3n) is 9.71. The van der Waals surface area contributed by atoms with Crippen LogP contribution in [0.2, 0.25) is 0 Å². The summed E-state index contributed by atoms with van der Waals surface area (Å²) in [5.74, 6) is 3.54. The molecule has 2 atom stereocenters. The number of likely N-dealkylation sites (N-methyl/N-ethyl adjacent to an activating group) is 2. The zero-order valence-electron chi connectivity index (χ0n) is 26.3. The summed E-state index contributed by atoms with van der Waals surface area (Å²) in [6.07, 6.45) is 3.17. The molecule has 0 radical (unpaired) electrons. The van der Waals surface area contributed by atoms with E-state index in [2.05, 4.69) is 54.2 Å². The van der Waals surface area contributed by atoms with Crippen LogP contribution in [0.4, 0.5) is 0 Å². The number of hydrogen-bond acceptors (Lipinski definition) is 8. The lowest BCUT2D eigenvalue weighted by atomic mass is 9.86. The lowest BCUT2D eigenvalue weighted by Gasteiger charge is -2.37. The van der Waals surface area contributed by atoms with Gasteiger partial charge in [-0.3, -0.25) is 9.80 Å².